The summed E-state index contributed by atoms with van der Waals surface area (Å²) < 4.78 is 0. The minimum Gasteiger partial charge on any atom is -0.367 e. The van der Waals surface area contributed by atoms with Crippen molar-refractivity contribution in [3.8, 4) is 0 Å². The Bertz CT molecular complexity index is 734. The third-order valence-electron chi connectivity index (χ3n) is 4.53. The summed E-state index contributed by atoms with van der Waals surface area (Å²) in [5, 5.41) is 7.88. The van der Waals surface area contributed by atoms with E-state index in [0.717, 1.165) is 21.7 Å². The van der Waals surface area contributed by atoms with E-state index in [1.165, 1.54) is 32.1 Å². The molecule has 0 bridgehead atoms. The topological polar surface area (TPSA) is 54.0 Å². The number of fused-ring (bicyclic) bond motifs is 1. The summed E-state index contributed by atoms with van der Waals surface area (Å²) in [5.74, 6) is 0.989. The Kier molecular flexibility index (Phi) is 7.27. The SMILES string of the molecule is CNC(=O)C(C)(C)C.Clc1cc(NC2CCCCC2)nc2ccccc12. The van der Waals surface area contributed by atoms with Crippen molar-refractivity contribution >= 4 is 34.2 Å². The summed E-state index contributed by atoms with van der Waals surface area (Å²) in [6.45, 7) is 5.64. The number of carbonyl (C=O) groups is 1. The molecule has 4 nitrogen and oxygen atoms in total. The van der Waals surface area contributed by atoms with Crippen LogP contribution < -0.4 is 10.6 Å². The molecule has 5 heteroatoms. The van der Waals surface area contributed by atoms with Gasteiger partial charge in [0.1, 0.15) is 5.82 Å². The third-order valence-corrected chi connectivity index (χ3v) is 4.84. The average Bonchev–Trinajstić information content (AvgIpc) is 2.62. The lowest BCUT2D eigenvalue weighted by Gasteiger charge is -2.23. The Hall–Kier alpha value is -1.81. The van der Waals surface area contributed by atoms with E-state index in [-0.39, 0.29) is 11.3 Å². The molecule has 1 heterocycles. The van der Waals surface area contributed by atoms with Crippen LogP contribution in [-0.4, -0.2) is 24.0 Å². The van der Waals surface area contributed by atoms with E-state index in [2.05, 4.69) is 15.6 Å². The molecule has 2 aromatic rings. The first-order chi connectivity index (χ1) is 12.3. The maximum atomic E-state index is 10.7. The fourth-order valence-electron chi connectivity index (χ4n) is 3.04. The maximum Gasteiger partial charge on any atom is 0.225 e. The highest BCUT2D eigenvalue weighted by Gasteiger charge is 2.18. The number of nitrogens with zero attached hydrogens (tertiary/aromatic N) is 1. The highest BCUT2D eigenvalue weighted by atomic mass is 35.5. The van der Waals surface area contributed by atoms with Crippen LogP contribution in [0.15, 0.2) is 30.3 Å². The molecular weight excluding hydrogens is 346 g/mol. The number of benzene rings is 1. The normalized spacial score (nSPS) is 15.1. The van der Waals surface area contributed by atoms with Crippen LogP contribution in [-0.2, 0) is 4.79 Å². The predicted octanol–water partition coefficient (Wildman–Crippen LogP) is 5.41. The zero-order chi connectivity index (χ0) is 19.2. The first-order valence-electron chi connectivity index (χ1n) is 9.35. The maximum absolute atomic E-state index is 10.7. The molecule has 0 saturated heterocycles. The zero-order valence-corrected chi connectivity index (χ0v) is 17.0. The molecule has 142 valence electrons. The zero-order valence-electron chi connectivity index (χ0n) is 16.2. The fourth-order valence-corrected chi connectivity index (χ4v) is 3.30. The van der Waals surface area contributed by atoms with Crippen LogP contribution in [0.4, 0.5) is 5.82 Å². The number of amides is 1. The Balaban J connectivity index is 0.000000260. The third kappa shape index (κ3) is 5.87. The minimum atomic E-state index is -0.241. The molecule has 0 unspecified atom stereocenters. The van der Waals surface area contributed by atoms with Gasteiger partial charge in [0.05, 0.1) is 10.5 Å². The van der Waals surface area contributed by atoms with Gasteiger partial charge in [-0.05, 0) is 25.0 Å². The number of halogens is 1. The molecule has 1 amide bonds. The van der Waals surface area contributed by atoms with Crippen LogP contribution >= 0.6 is 11.6 Å². The number of aromatic nitrogens is 1. The molecule has 1 aliphatic rings. The van der Waals surface area contributed by atoms with E-state index in [1.54, 1.807) is 7.05 Å². The van der Waals surface area contributed by atoms with E-state index in [9.17, 15) is 4.79 Å². The van der Waals surface area contributed by atoms with Gasteiger partial charge in [-0.3, -0.25) is 4.79 Å². The van der Waals surface area contributed by atoms with Crippen molar-refractivity contribution in [2.75, 3.05) is 12.4 Å². The second-order valence-electron chi connectivity index (χ2n) is 7.81. The van der Waals surface area contributed by atoms with Gasteiger partial charge in [0, 0.05) is 23.9 Å². The van der Waals surface area contributed by atoms with Crippen molar-refractivity contribution in [1.29, 1.82) is 0 Å². The van der Waals surface area contributed by atoms with E-state index >= 15 is 0 Å². The molecule has 3 rings (SSSR count). The molecule has 0 spiro atoms. The van der Waals surface area contributed by atoms with Gasteiger partial charge in [-0.1, -0.05) is 69.8 Å². The minimum absolute atomic E-state index is 0.0810. The van der Waals surface area contributed by atoms with Crippen LogP contribution in [0.5, 0.6) is 0 Å². The highest BCUT2D eigenvalue weighted by molar-refractivity contribution is 6.35. The number of pyridine rings is 1. The number of anilines is 1. The number of para-hydroxylation sites is 1. The van der Waals surface area contributed by atoms with Gasteiger partial charge in [-0.25, -0.2) is 4.98 Å². The largest absolute Gasteiger partial charge is 0.367 e. The molecule has 1 fully saturated rings. The Morgan fingerprint density at radius 2 is 1.81 bits per heavy atom. The van der Waals surface area contributed by atoms with Gasteiger partial charge >= 0.3 is 0 Å². The predicted molar refractivity (Wildman–Crippen MR) is 111 cm³/mol. The second-order valence-corrected chi connectivity index (χ2v) is 8.22. The van der Waals surface area contributed by atoms with E-state index in [1.807, 2.05) is 51.1 Å². The Labute approximate surface area is 161 Å². The lowest BCUT2D eigenvalue weighted by molar-refractivity contribution is -0.127. The average molecular weight is 376 g/mol. The summed E-state index contributed by atoms with van der Waals surface area (Å²) in [6, 6.07) is 10.5. The lowest BCUT2D eigenvalue weighted by atomic mass is 9.95. The van der Waals surface area contributed by atoms with Gasteiger partial charge in [-0.2, -0.15) is 0 Å². The molecule has 1 aliphatic carbocycles. The summed E-state index contributed by atoms with van der Waals surface area (Å²) in [4.78, 5) is 15.4. The lowest BCUT2D eigenvalue weighted by Crippen LogP contribution is -2.31. The second kappa shape index (κ2) is 9.22. The van der Waals surface area contributed by atoms with E-state index in [0.29, 0.717) is 6.04 Å². The number of hydrogen-bond donors (Lipinski definition) is 2. The van der Waals surface area contributed by atoms with Crippen molar-refractivity contribution in [1.82, 2.24) is 10.3 Å². The van der Waals surface area contributed by atoms with Gasteiger partial charge in [0.25, 0.3) is 0 Å². The van der Waals surface area contributed by atoms with Crippen molar-refractivity contribution in [2.45, 2.75) is 58.9 Å². The number of carbonyl (C=O) groups excluding carboxylic acids is 1. The number of rotatable bonds is 2. The molecule has 0 atom stereocenters. The molecule has 26 heavy (non-hydrogen) atoms. The molecule has 1 aromatic carbocycles. The van der Waals surface area contributed by atoms with Crippen LogP contribution in [0, 0.1) is 5.41 Å². The Morgan fingerprint density at radius 1 is 1.15 bits per heavy atom. The van der Waals surface area contributed by atoms with Gasteiger partial charge in [-0.15, -0.1) is 0 Å². The highest BCUT2D eigenvalue weighted by Crippen LogP contribution is 2.27. The van der Waals surface area contributed by atoms with E-state index < -0.39 is 0 Å². The van der Waals surface area contributed by atoms with Crippen molar-refractivity contribution < 1.29 is 4.79 Å². The van der Waals surface area contributed by atoms with Crippen LogP contribution in [0.25, 0.3) is 10.9 Å². The standard InChI is InChI=1S/C15H17ClN2.C6H13NO/c16-13-10-15(17-11-6-2-1-3-7-11)18-14-9-5-4-8-12(13)14;1-6(2,3)5(8)7-4/h4-5,8-11H,1-3,6-7H2,(H,17,18);1-4H3,(H,7,8). The fraction of sp³-hybridized carbons (Fsp3) is 0.524. The van der Waals surface area contributed by atoms with Crippen LogP contribution in [0.2, 0.25) is 5.02 Å². The molecule has 1 aromatic heterocycles. The first-order valence-corrected chi connectivity index (χ1v) is 9.73. The molecule has 1 saturated carbocycles. The van der Waals surface area contributed by atoms with Crippen molar-refractivity contribution in [3.63, 3.8) is 0 Å². The number of hydrogen-bond acceptors (Lipinski definition) is 3. The quantitative estimate of drug-likeness (QED) is 0.737. The van der Waals surface area contributed by atoms with Gasteiger partial charge < -0.3 is 10.6 Å². The summed E-state index contributed by atoms with van der Waals surface area (Å²) in [5.41, 5.74) is 0.720. The molecule has 0 radical (unpaired) electrons. The van der Waals surface area contributed by atoms with Crippen LogP contribution in [0.1, 0.15) is 52.9 Å². The first kappa shape index (κ1) is 20.5. The summed E-state index contributed by atoms with van der Waals surface area (Å²) in [7, 11) is 1.65. The van der Waals surface area contributed by atoms with Crippen LogP contribution in [0.3, 0.4) is 0 Å². The molecular formula is C21H30ClN3O. The van der Waals surface area contributed by atoms with Crippen molar-refractivity contribution in [3.05, 3.63) is 35.4 Å². The molecule has 2 N–H and O–H groups in total. The van der Waals surface area contributed by atoms with Gasteiger partial charge in [0.15, 0.2) is 0 Å². The summed E-state index contributed by atoms with van der Waals surface area (Å²) in [6.07, 6.45) is 6.49. The van der Waals surface area contributed by atoms with Crippen molar-refractivity contribution in [2.24, 2.45) is 5.41 Å². The molecule has 0 aliphatic heterocycles. The van der Waals surface area contributed by atoms with Gasteiger partial charge in [0.2, 0.25) is 5.91 Å². The van der Waals surface area contributed by atoms with E-state index in [4.69, 9.17) is 11.6 Å². The number of nitrogens with one attached hydrogen (secondary N) is 2. The Morgan fingerprint density at radius 3 is 2.38 bits per heavy atom. The summed E-state index contributed by atoms with van der Waals surface area (Å²) >= 11 is 6.30. The smallest absolute Gasteiger partial charge is 0.225 e. The monoisotopic (exact) mass is 375 g/mol.